The van der Waals surface area contributed by atoms with Gasteiger partial charge in [-0.1, -0.05) is 30.3 Å². The van der Waals surface area contributed by atoms with Crippen molar-refractivity contribution in [3.05, 3.63) is 69.3 Å². The maximum absolute atomic E-state index is 12.7. The van der Waals surface area contributed by atoms with E-state index < -0.39 is 0 Å². The van der Waals surface area contributed by atoms with Gasteiger partial charge in [0.05, 0.1) is 19.4 Å². The first-order valence-electron chi connectivity index (χ1n) is 9.50. The number of ether oxygens (including phenoxy) is 1. The number of fused-ring (bicyclic) bond motifs is 1. The summed E-state index contributed by atoms with van der Waals surface area (Å²) in [6, 6.07) is 10.1. The molecule has 0 aliphatic carbocycles. The van der Waals surface area contributed by atoms with Crippen LogP contribution < -0.4 is 0 Å². The normalized spacial score (nSPS) is 13.5. The average molecular weight is 365 g/mol. The Morgan fingerprint density at radius 2 is 1.74 bits per heavy atom. The van der Waals surface area contributed by atoms with E-state index in [1.165, 1.54) is 5.56 Å². The van der Waals surface area contributed by atoms with E-state index >= 15 is 0 Å². The van der Waals surface area contributed by atoms with Gasteiger partial charge in [0.1, 0.15) is 0 Å². The zero-order valence-electron chi connectivity index (χ0n) is 16.6. The second kappa shape index (κ2) is 7.95. The van der Waals surface area contributed by atoms with Crippen molar-refractivity contribution >= 4 is 11.9 Å². The lowest BCUT2D eigenvalue weighted by Gasteiger charge is -2.33. The van der Waals surface area contributed by atoms with E-state index in [2.05, 4.69) is 13.8 Å². The summed E-state index contributed by atoms with van der Waals surface area (Å²) >= 11 is 0. The Morgan fingerprint density at radius 1 is 1.04 bits per heavy atom. The average Bonchev–Trinajstić information content (AvgIpc) is 2.66. The smallest absolute Gasteiger partial charge is 0.310 e. The number of hydrogen-bond donors (Lipinski definition) is 0. The third kappa shape index (κ3) is 3.90. The Hall–Kier alpha value is -2.62. The molecule has 1 amide bonds. The number of rotatable bonds is 5. The predicted molar refractivity (Wildman–Crippen MR) is 105 cm³/mol. The van der Waals surface area contributed by atoms with Crippen LogP contribution >= 0.6 is 0 Å². The summed E-state index contributed by atoms with van der Waals surface area (Å²) in [7, 11) is 0. The number of carbonyl (C=O) groups is 2. The monoisotopic (exact) mass is 365 g/mol. The van der Waals surface area contributed by atoms with Crippen LogP contribution in [0.3, 0.4) is 0 Å². The van der Waals surface area contributed by atoms with E-state index in [9.17, 15) is 9.59 Å². The van der Waals surface area contributed by atoms with Gasteiger partial charge in [0.25, 0.3) is 0 Å². The van der Waals surface area contributed by atoms with Gasteiger partial charge in [0.15, 0.2) is 0 Å². The van der Waals surface area contributed by atoms with Crippen LogP contribution in [0.2, 0.25) is 0 Å². The SMILES string of the molecule is CCOC(=O)Cc1c(C)c(C)c2c(c1C)CN(Cc1ccccc1)C(=O)C2. The Kier molecular flexibility index (Phi) is 5.64. The minimum atomic E-state index is -0.198. The molecule has 0 fully saturated rings. The largest absolute Gasteiger partial charge is 0.466 e. The summed E-state index contributed by atoms with van der Waals surface area (Å²) in [6.07, 6.45) is 0.710. The Balaban J connectivity index is 1.95. The van der Waals surface area contributed by atoms with Crippen molar-refractivity contribution in [2.75, 3.05) is 6.61 Å². The van der Waals surface area contributed by atoms with Crippen LogP contribution in [-0.4, -0.2) is 23.4 Å². The lowest BCUT2D eigenvalue weighted by molar-refractivity contribution is -0.142. The molecule has 1 aliphatic heterocycles. The van der Waals surface area contributed by atoms with Crippen LogP contribution in [0.1, 0.15) is 45.9 Å². The fraction of sp³-hybridized carbons (Fsp3) is 0.391. The Morgan fingerprint density at radius 3 is 2.41 bits per heavy atom. The van der Waals surface area contributed by atoms with Gasteiger partial charge in [-0.25, -0.2) is 0 Å². The number of hydrogen-bond acceptors (Lipinski definition) is 3. The molecule has 1 aliphatic rings. The van der Waals surface area contributed by atoms with Crippen molar-refractivity contribution in [2.24, 2.45) is 0 Å². The molecule has 1 heterocycles. The molecule has 4 heteroatoms. The number of nitrogens with zero attached hydrogens (tertiary/aromatic N) is 1. The first-order valence-corrected chi connectivity index (χ1v) is 9.50. The highest BCUT2D eigenvalue weighted by atomic mass is 16.5. The van der Waals surface area contributed by atoms with Gasteiger partial charge in [-0.05, 0) is 66.6 Å². The molecular formula is C23H27NO3. The van der Waals surface area contributed by atoms with E-state index in [4.69, 9.17) is 4.74 Å². The van der Waals surface area contributed by atoms with Crippen molar-refractivity contribution < 1.29 is 14.3 Å². The van der Waals surface area contributed by atoms with Gasteiger partial charge in [-0.3, -0.25) is 9.59 Å². The maximum Gasteiger partial charge on any atom is 0.310 e. The molecule has 0 bridgehead atoms. The van der Waals surface area contributed by atoms with Gasteiger partial charge in [0.2, 0.25) is 5.91 Å². The van der Waals surface area contributed by atoms with Crippen LogP contribution in [0.4, 0.5) is 0 Å². The molecule has 0 radical (unpaired) electrons. The standard InChI is InChI=1S/C23H27NO3/c1-5-27-23(26)12-19-15(2)16(3)20-11-22(25)24(14-21(20)17(19)4)13-18-9-7-6-8-10-18/h6-10H,5,11-14H2,1-4H3. The number of benzene rings is 2. The van der Waals surface area contributed by atoms with Crippen LogP contribution in [0.15, 0.2) is 30.3 Å². The van der Waals surface area contributed by atoms with E-state index in [0.29, 0.717) is 26.1 Å². The second-order valence-electron chi connectivity index (χ2n) is 7.20. The second-order valence-corrected chi connectivity index (χ2v) is 7.20. The van der Waals surface area contributed by atoms with E-state index in [1.807, 2.05) is 49.1 Å². The zero-order chi connectivity index (χ0) is 19.6. The topological polar surface area (TPSA) is 46.6 Å². The third-order valence-corrected chi connectivity index (χ3v) is 5.61. The molecule has 0 spiro atoms. The first kappa shape index (κ1) is 19.2. The van der Waals surface area contributed by atoms with Gasteiger partial charge >= 0.3 is 5.97 Å². The molecule has 27 heavy (non-hydrogen) atoms. The molecule has 0 atom stereocenters. The summed E-state index contributed by atoms with van der Waals surface area (Å²) in [5, 5.41) is 0. The maximum atomic E-state index is 12.7. The predicted octanol–water partition coefficient (Wildman–Crippen LogP) is 3.80. The first-order chi connectivity index (χ1) is 12.9. The van der Waals surface area contributed by atoms with Crippen LogP contribution in [0.25, 0.3) is 0 Å². The molecule has 142 valence electrons. The van der Waals surface area contributed by atoms with Crippen molar-refractivity contribution in [3.63, 3.8) is 0 Å². The Bertz CT molecular complexity index is 871. The Labute approximate surface area is 161 Å². The molecule has 0 saturated heterocycles. The summed E-state index contributed by atoms with van der Waals surface area (Å²) in [4.78, 5) is 26.7. The lowest BCUT2D eigenvalue weighted by Crippen LogP contribution is -2.37. The quantitative estimate of drug-likeness (QED) is 0.757. The number of amides is 1. The van der Waals surface area contributed by atoms with Crippen molar-refractivity contribution in [2.45, 2.75) is 53.6 Å². The van der Waals surface area contributed by atoms with Gasteiger partial charge < -0.3 is 9.64 Å². The van der Waals surface area contributed by atoms with E-state index in [1.54, 1.807) is 0 Å². The van der Waals surface area contributed by atoms with E-state index in [-0.39, 0.29) is 18.3 Å². The molecule has 0 N–H and O–H groups in total. The van der Waals surface area contributed by atoms with Crippen LogP contribution in [0.5, 0.6) is 0 Å². The van der Waals surface area contributed by atoms with Crippen molar-refractivity contribution in [1.29, 1.82) is 0 Å². The van der Waals surface area contributed by atoms with Crippen molar-refractivity contribution in [1.82, 2.24) is 4.90 Å². The number of esters is 1. The van der Waals surface area contributed by atoms with Gasteiger partial charge in [-0.15, -0.1) is 0 Å². The minimum Gasteiger partial charge on any atom is -0.466 e. The van der Waals surface area contributed by atoms with Crippen LogP contribution in [-0.2, 0) is 40.3 Å². The van der Waals surface area contributed by atoms with E-state index in [0.717, 1.165) is 33.4 Å². The summed E-state index contributed by atoms with van der Waals surface area (Å²) < 4.78 is 5.15. The lowest BCUT2D eigenvalue weighted by atomic mass is 9.83. The fourth-order valence-electron chi connectivity index (χ4n) is 3.93. The highest BCUT2D eigenvalue weighted by Gasteiger charge is 2.28. The molecule has 0 saturated carbocycles. The molecule has 0 aromatic heterocycles. The molecule has 2 aromatic carbocycles. The molecular weight excluding hydrogens is 338 g/mol. The number of carbonyl (C=O) groups excluding carboxylic acids is 2. The van der Waals surface area contributed by atoms with Crippen LogP contribution in [0, 0.1) is 20.8 Å². The zero-order valence-corrected chi connectivity index (χ0v) is 16.6. The summed E-state index contributed by atoms with van der Waals surface area (Å²) in [6.45, 7) is 9.57. The van der Waals surface area contributed by atoms with Gasteiger partial charge in [-0.2, -0.15) is 0 Å². The summed E-state index contributed by atoms with van der Waals surface area (Å²) in [5.74, 6) is -0.0394. The molecule has 2 aromatic rings. The van der Waals surface area contributed by atoms with Crippen molar-refractivity contribution in [3.8, 4) is 0 Å². The summed E-state index contributed by atoms with van der Waals surface area (Å²) in [5.41, 5.74) is 7.83. The molecule has 4 nitrogen and oxygen atoms in total. The minimum absolute atomic E-state index is 0.159. The third-order valence-electron chi connectivity index (χ3n) is 5.61. The molecule has 3 rings (SSSR count). The highest BCUT2D eigenvalue weighted by molar-refractivity contribution is 5.83. The van der Waals surface area contributed by atoms with Gasteiger partial charge in [0, 0.05) is 13.1 Å². The molecule has 0 unspecified atom stereocenters. The fourth-order valence-corrected chi connectivity index (χ4v) is 3.93. The highest BCUT2D eigenvalue weighted by Crippen LogP contribution is 2.32.